The number of alkyl carbamates (subject to hydrolysis) is 1. The van der Waals surface area contributed by atoms with E-state index in [1.807, 2.05) is 6.08 Å². The van der Waals surface area contributed by atoms with Gasteiger partial charge in [0.25, 0.3) is 0 Å². The molecule has 260 valence electrons. The summed E-state index contributed by atoms with van der Waals surface area (Å²) in [7, 11) is 1.32. The van der Waals surface area contributed by atoms with Crippen LogP contribution in [0, 0.1) is 11.8 Å². The second kappa shape index (κ2) is 12.2. The van der Waals surface area contributed by atoms with Crippen molar-refractivity contribution in [3.05, 3.63) is 63.7 Å². The Bertz CT molecular complexity index is 1790. The van der Waals surface area contributed by atoms with Gasteiger partial charge in [-0.15, -0.1) is 0 Å². The Morgan fingerprint density at radius 3 is 2.47 bits per heavy atom. The number of hydrogen-bond acceptors (Lipinski definition) is 13. The van der Waals surface area contributed by atoms with Gasteiger partial charge in [0, 0.05) is 41.9 Å². The largest absolute Gasteiger partial charge is 0.507 e. The maximum Gasteiger partial charge on any atom is 0.407 e. The topological polar surface area (TPSA) is 218 Å². The van der Waals surface area contributed by atoms with Gasteiger partial charge in [0.05, 0.1) is 42.0 Å². The summed E-state index contributed by atoms with van der Waals surface area (Å²) in [5.41, 5.74) is -3.91. The summed E-state index contributed by atoms with van der Waals surface area (Å²) in [5, 5.41) is 58.0. The maximum absolute atomic E-state index is 13.9. The van der Waals surface area contributed by atoms with Crippen LogP contribution in [-0.2, 0) is 25.4 Å². The summed E-state index contributed by atoms with van der Waals surface area (Å²) in [4.78, 5) is 53.3. The van der Waals surface area contributed by atoms with Crippen molar-refractivity contribution >= 4 is 23.4 Å². The van der Waals surface area contributed by atoms with Crippen LogP contribution in [0.4, 0.5) is 4.79 Å². The van der Waals surface area contributed by atoms with Crippen LogP contribution in [0.2, 0.25) is 0 Å². The van der Waals surface area contributed by atoms with Gasteiger partial charge in [0.1, 0.15) is 41.7 Å². The molecule has 2 bridgehead atoms. The first-order chi connectivity index (χ1) is 23.3. The molecule has 2 aromatic carbocycles. The van der Waals surface area contributed by atoms with Gasteiger partial charge in [0.2, 0.25) is 5.78 Å². The number of phenolic OH excluding ortho intramolecular Hbond substituents is 2. The first-order valence-electron chi connectivity index (χ1n) is 16.2. The van der Waals surface area contributed by atoms with Crippen LogP contribution in [0.25, 0.3) is 0 Å². The van der Waals surface area contributed by atoms with E-state index < -0.39 is 102 Å². The van der Waals surface area contributed by atoms with Crippen molar-refractivity contribution in [2.45, 2.75) is 81.4 Å². The van der Waals surface area contributed by atoms with Crippen LogP contribution in [0.1, 0.15) is 81.7 Å². The van der Waals surface area contributed by atoms with Crippen LogP contribution in [0.3, 0.4) is 0 Å². The maximum atomic E-state index is 13.9. The first-order valence-corrected chi connectivity index (χ1v) is 16.2. The van der Waals surface area contributed by atoms with E-state index in [0.29, 0.717) is 5.92 Å². The number of allylic oxidation sites excluding steroid dienone is 1. The Kier molecular flexibility index (Phi) is 8.27. The third-order valence-corrected chi connectivity index (χ3v) is 10.5. The first kappa shape index (κ1) is 33.2. The van der Waals surface area contributed by atoms with Crippen LogP contribution < -0.4 is 10.1 Å². The molecule has 5 aliphatic rings. The smallest absolute Gasteiger partial charge is 0.407 e. The van der Waals surface area contributed by atoms with Crippen molar-refractivity contribution in [1.29, 1.82) is 0 Å². The van der Waals surface area contributed by atoms with Crippen molar-refractivity contribution in [2.75, 3.05) is 13.7 Å². The SMILES string of the molecule is COc1cccc2c1C(=O)c1c(O)c3c(c(O)c1C2=O)C[C@](O)(C(=O)CO)C[C@H]3O[C@H]1C[C@H](NC(=O)OC2CC3C=CC2C3)[C@@H](O)[C@@H](C)O1. The fourth-order valence-corrected chi connectivity index (χ4v) is 8.05. The number of carbonyl (C=O) groups is 4. The molecule has 14 nitrogen and oxygen atoms in total. The Morgan fingerprint density at radius 2 is 1.80 bits per heavy atom. The van der Waals surface area contributed by atoms with E-state index in [2.05, 4.69) is 11.4 Å². The zero-order valence-electron chi connectivity index (χ0n) is 26.8. The van der Waals surface area contributed by atoms with Crippen molar-refractivity contribution < 1.29 is 63.7 Å². The number of aromatic hydroxyl groups is 2. The molecule has 0 aromatic heterocycles. The standard InChI is InChI=1S/C35H37NO13/c1-14-29(39)19(36-34(44)49-21-9-15-6-7-16(21)8-15)10-24(47-14)48-22-12-35(45,23(38)13-37)11-18-26(22)33(43)28-27(31(18)41)30(40)17-4-3-5-20(46-2)25(17)32(28)42/h3-7,14-16,19,21-22,24,29,37,39,41,43,45H,8-13H2,1-2H3,(H,36,44)/t14-,15?,16?,19+,21?,22-,24+,29+,35-/m1/s1. The molecule has 1 amide bonds. The van der Waals surface area contributed by atoms with Crippen molar-refractivity contribution in [3.63, 3.8) is 0 Å². The Hall–Kier alpha value is -4.34. The van der Waals surface area contributed by atoms with Crippen molar-refractivity contribution in [1.82, 2.24) is 5.32 Å². The highest BCUT2D eigenvalue weighted by Crippen LogP contribution is 2.52. The summed E-state index contributed by atoms with van der Waals surface area (Å²) in [5.74, 6) is -3.46. The van der Waals surface area contributed by atoms with E-state index in [9.17, 15) is 44.7 Å². The summed E-state index contributed by atoms with van der Waals surface area (Å²) in [6, 6.07) is 3.43. The molecule has 7 rings (SSSR count). The summed E-state index contributed by atoms with van der Waals surface area (Å²) in [6.45, 7) is 0.493. The molecule has 1 heterocycles. The monoisotopic (exact) mass is 679 g/mol. The number of phenols is 2. The minimum Gasteiger partial charge on any atom is -0.507 e. The third-order valence-electron chi connectivity index (χ3n) is 10.5. The number of carbonyl (C=O) groups excluding carboxylic acids is 4. The lowest BCUT2D eigenvalue weighted by Crippen LogP contribution is -2.56. The zero-order valence-corrected chi connectivity index (χ0v) is 26.8. The Labute approximate surface area is 280 Å². The van der Waals surface area contributed by atoms with Gasteiger partial charge >= 0.3 is 6.09 Å². The van der Waals surface area contributed by atoms with Gasteiger partial charge in [-0.25, -0.2) is 4.79 Å². The van der Waals surface area contributed by atoms with Gasteiger partial charge in [0.15, 0.2) is 17.9 Å². The van der Waals surface area contributed by atoms with Crippen molar-refractivity contribution in [2.24, 2.45) is 11.8 Å². The molecule has 0 spiro atoms. The quantitative estimate of drug-likeness (QED) is 0.155. The number of amides is 1. The highest BCUT2D eigenvalue weighted by molar-refractivity contribution is 6.31. The van der Waals surface area contributed by atoms with E-state index in [1.165, 1.54) is 25.3 Å². The number of Topliss-reactive ketones (excluding diaryl/α,β-unsaturated/α-hetero) is 1. The summed E-state index contributed by atoms with van der Waals surface area (Å²) in [6.07, 6.45) is -1.20. The average Bonchev–Trinajstić information content (AvgIpc) is 3.70. The normalized spacial score (nSPS) is 32.7. The second-order valence-corrected chi connectivity index (χ2v) is 13.5. The number of fused-ring (bicyclic) bond motifs is 5. The number of nitrogens with one attached hydrogen (secondary N) is 1. The lowest BCUT2D eigenvalue weighted by atomic mass is 9.72. The Balaban J connectivity index is 1.22. The lowest BCUT2D eigenvalue weighted by molar-refractivity contribution is -0.249. The van der Waals surface area contributed by atoms with Crippen molar-refractivity contribution in [3.8, 4) is 17.2 Å². The number of ketones is 3. The molecule has 3 unspecified atom stereocenters. The van der Waals surface area contributed by atoms with Gasteiger partial charge in [-0.1, -0.05) is 24.3 Å². The molecule has 1 saturated heterocycles. The van der Waals surface area contributed by atoms with Crippen LogP contribution in [0.15, 0.2) is 30.4 Å². The molecule has 4 aliphatic carbocycles. The van der Waals surface area contributed by atoms with E-state index in [0.717, 1.165) is 12.8 Å². The molecule has 0 radical (unpaired) electrons. The fourth-order valence-electron chi connectivity index (χ4n) is 8.05. The van der Waals surface area contributed by atoms with Crippen LogP contribution in [-0.4, -0.2) is 98.9 Å². The molecule has 6 N–H and O–H groups in total. The second-order valence-electron chi connectivity index (χ2n) is 13.5. The van der Waals surface area contributed by atoms with Gasteiger partial charge in [-0.05, 0) is 31.7 Å². The van der Waals surface area contributed by atoms with E-state index in [4.69, 9.17) is 18.9 Å². The predicted octanol–water partition coefficient (Wildman–Crippen LogP) is 1.73. The number of methoxy groups -OCH3 is 1. The molecule has 1 aliphatic heterocycles. The minimum absolute atomic E-state index is 0.0750. The van der Waals surface area contributed by atoms with Gasteiger partial charge in [-0.3, -0.25) is 14.4 Å². The van der Waals surface area contributed by atoms with E-state index in [1.54, 1.807) is 6.92 Å². The molecule has 9 atom stereocenters. The van der Waals surface area contributed by atoms with E-state index in [-0.39, 0.29) is 46.4 Å². The number of hydrogen-bond donors (Lipinski definition) is 6. The average molecular weight is 680 g/mol. The van der Waals surface area contributed by atoms with Crippen LogP contribution >= 0.6 is 0 Å². The number of ether oxygens (including phenoxy) is 4. The lowest BCUT2D eigenvalue weighted by Gasteiger charge is -2.42. The fraction of sp³-hybridized carbons (Fsp3) is 0.486. The number of aliphatic hydroxyl groups is 3. The molecular formula is C35H37NO13. The summed E-state index contributed by atoms with van der Waals surface area (Å²) >= 11 is 0. The zero-order chi connectivity index (χ0) is 34.9. The number of benzene rings is 2. The third kappa shape index (κ3) is 5.38. The van der Waals surface area contributed by atoms with Crippen LogP contribution in [0.5, 0.6) is 17.2 Å². The molecule has 1 saturated carbocycles. The Morgan fingerprint density at radius 1 is 1.04 bits per heavy atom. The molecule has 2 aromatic rings. The van der Waals surface area contributed by atoms with Gasteiger partial charge < -0.3 is 49.8 Å². The minimum atomic E-state index is -2.32. The molecule has 14 heteroatoms. The van der Waals surface area contributed by atoms with E-state index >= 15 is 0 Å². The molecular weight excluding hydrogens is 642 g/mol. The van der Waals surface area contributed by atoms with Gasteiger partial charge in [-0.2, -0.15) is 0 Å². The molecule has 2 fully saturated rings. The summed E-state index contributed by atoms with van der Waals surface area (Å²) < 4.78 is 23.1. The predicted molar refractivity (Wildman–Crippen MR) is 166 cm³/mol. The highest BCUT2D eigenvalue weighted by atomic mass is 16.7. The molecule has 49 heavy (non-hydrogen) atoms. The highest BCUT2D eigenvalue weighted by Gasteiger charge is 2.50. The number of aliphatic hydroxyl groups excluding tert-OH is 2. The number of rotatable bonds is 7.